The molecule has 2 nitrogen and oxygen atoms in total. The lowest BCUT2D eigenvalue weighted by atomic mass is 10.1. The van der Waals surface area contributed by atoms with Crippen molar-refractivity contribution in [2.24, 2.45) is 0 Å². The van der Waals surface area contributed by atoms with E-state index in [-0.39, 0.29) is 0 Å². The predicted octanol–water partition coefficient (Wildman–Crippen LogP) is 1.42. The lowest BCUT2D eigenvalue weighted by Crippen LogP contribution is -2.52. The van der Waals surface area contributed by atoms with Crippen molar-refractivity contribution in [3.8, 4) is 0 Å². The minimum atomic E-state index is 0.809. The van der Waals surface area contributed by atoms with E-state index in [1.54, 1.807) is 0 Å². The molecule has 1 heterocycles. The second kappa shape index (κ2) is 4.83. The van der Waals surface area contributed by atoms with E-state index in [1.165, 1.54) is 39.1 Å². The lowest BCUT2D eigenvalue weighted by Gasteiger charge is -2.40. The average Bonchev–Trinajstić information content (AvgIpc) is 2.16. The van der Waals surface area contributed by atoms with E-state index in [2.05, 4.69) is 30.6 Å². The Kier molecular flexibility index (Phi) is 4.02. The average molecular weight is 170 g/mol. The molecule has 12 heavy (non-hydrogen) atoms. The summed E-state index contributed by atoms with van der Waals surface area (Å²) in [6.45, 7) is 13.1. The maximum absolute atomic E-state index is 2.60. The van der Waals surface area contributed by atoms with Crippen LogP contribution in [0.3, 0.4) is 0 Å². The maximum atomic E-state index is 2.60. The van der Waals surface area contributed by atoms with Gasteiger partial charge in [0.05, 0.1) is 0 Å². The van der Waals surface area contributed by atoms with Crippen LogP contribution in [0.4, 0.5) is 0 Å². The first-order valence-corrected chi connectivity index (χ1v) is 5.28. The predicted molar refractivity (Wildman–Crippen MR) is 53.4 cm³/mol. The fraction of sp³-hybridized carbons (Fsp3) is 1.00. The van der Waals surface area contributed by atoms with Gasteiger partial charge in [-0.15, -0.1) is 0 Å². The topological polar surface area (TPSA) is 6.48 Å². The molecule has 0 saturated carbocycles. The molecule has 1 saturated heterocycles. The summed E-state index contributed by atoms with van der Waals surface area (Å²) >= 11 is 0. The molecule has 0 aliphatic carbocycles. The van der Waals surface area contributed by atoms with E-state index >= 15 is 0 Å². The molecule has 0 N–H and O–H groups in total. The van der Waals surface area contributed by atoms with Crippen LogP contribution in [-0.4, -0.2) is 48.6 Å². The highest BCUT2D eigenvalue weighted by Gasteiger charge is 2.22. The first-order chi connectivity index (χ1) is 5.81. The van der Waals surface area contributed by atoms with Gasteiger partial charge >= 0.3 is 0 Å². The van der Waals surface area contributed by atoms with Crippen LogP contribution >= 0.6 is 0 Å². The zero-order valence-electron chi connectivity index (χ0n) is 8.71. The Hall–Kier alpha value is -0.0800. The molecule has 0 aromatic rings. The summed E-state index contributed by atoms with van der Waals surface area (Å²) in [7, 11) is 0. The Labute approximate surface area is 76.5 Å². The zero-order valence-corrected chi connectivity index (χ0v) is 8.71. The van der Waals surface area contributed by atoms with E-state index in [9.17, 15) is 0 Å². The van der Waals surface area contributed by atoms with Crippen LogP contribution in [0.25, 0.3) is 0 Å². The van der Waals surface area contributed by atoms with E-state index < -0.39 is 0 Å². The van der Waals surface area contributed by atoms with Gasteiger partial charge in [0, 0.05) is 25.7 Å². The third kappa shape index (κ3) is 2.20. The third-order valence-corrected chi connectivity index (χ3v) is 3.01. The normalized spacial score (nSPS) is 27.8. The van der Waals surface area contributed by atoms with Crippen LogP contribution in [0.1, 0.15) is 27.2 Å². The van der Waals surface area contributed by atoms with Crippen LogP contribution in [0.5, 0.6) is 0 Å². The smallest absolute Gasteiger partial charge is 0.0220 e. The molecule has 1 fully saturated rings. The molecule has 72 valence electrons. The molecule has 0 spiro atoms. The molecular formula is C10H22N2. The second-order valence-electron chi connectivity index (χ2n) is 3.58. The molecule has 1 unspecified atom stereocenters. The molecule has 0 bridgehead atoms. The molecule has 0 radical (unpaired) electrons. The molecule has 1 atom stereocenters. The van der Waals surface area contributed by atoms with Crippen LogP contribution in [0.2, 0.25) is 0 Å². The lowest BCUT2D eigenvalue weighted by molar-refractivity contribution is 0.0800. The standard InChI is InChI=1S/C10H22N2/c1-4-10-9-11(5-2)7-8-12(10)6-3/h10H,4-9H2,1-3H3. The molecule has 1 aliphatic heterocycles. The Morgan fingerprint density at radius 2 is 1.83 bits per heavy atom. The zero-order chi connectivity index (χ0) is 8.97. The van der Waals surface area contributed by atoms with Gasteiger partial charge in [-0.3, -0.25) is 4.90 Å². The Balaban J connectivity index is 2.41. The van der Waals surface area contributed by atoms with Crippen molar-refractivity contribution in [3.05, 3.63) is 0 Å². The molecule has 1 rings (SSSR count). The van der Waals surface area contributed by atoms with Crippen molar-refractivity contribution in [2.45, 2.75) is 33.2 Å². The maximum Gasteiger partial charge on any atom is 0.0220 e. The van der Waals surface area contributed by atoms with E-state index in [0.29, 0.717) is 0 Å². The van der Waals surface area contributed by atoms with Gasteiger partial charge in [0.1, 0.15) is 0 Å². The van der Waals surface area contributed by atoms with Gasteiger partial charge in [-0.25, -0.2) is 0 Å². The molecule has 0 aromatic heterocycles. The number of hydrogen-bond donors (Lipinski definition) is 0. The van der Waals surface area contributed by atoms with E-state index in [1.807, 2.05) is 0 Å². The quantitative estimate of drug-likeness (QED) is 0.632. The summed E-state index contributed by atoms with van der Waals surface area (Å²) in [5.41, 5.74) is 0. The number of likely N-dealkylation sites (N-methyl/N-ethyl adjacent to an activating group) is 2. The molecule has 0 aromatic carbocycles. The number of piperazine rings is 1. The minimum Gasteiger partial charge on any atom is -0.301 e. The van der Waals surface area contributed by atoms with Crippen molar-refractivity contribution >= 4 is 0 Å². The van der Waals surface area contributed by atoms with Gasteiger partial charge in [0.2, 0.25) is 0 Å². The van der Waals surface area contributed by atoms with Crippen molar-refractivity contribution in [3.63, 3.8) is 0 Å². The number of nitrogens with zero attached hydrogens (tertiary/aromatic N) is 2. The number of hydrogen-bond acceptors (Lipinski definition) is 2. The molecular weight excluding hydrogens is 148 g/mol. The molecule has 1 aliphatic rings. The van der Waals surface area contributed by atoms with Crippen molar-refractivity contribution in [1.29, 1.82) is 0 Å². The summed E-state index contributed by atoms with van der Waals surface area (Å²) < 4.78 is 0. The first kappa shape index (κ1) is 10.0. The summed E-state index contributed by atoms with van der Waals surface area (Å²) in [4.78, 5) is 5.16. The van der Waals surface area contributed by atoms with Gasteiger partial charge in [-0.05, 0) is 19.5 Å². The van der Waals surface area contributed by atoms with Gasteiger partial charge in [-0.2, -0.15) is 0 Å². The Morgan fingerprint density at radius 1 is 1.08 bits per heavy atom. The molecule has 0 amide bonds. The highest BCUT2D eigenvalue weighted by molar-refractivity contribution is 4.79. The van der Waals surface area contributed by atoms with Crippen molar-refractivity contribution in [1.82, 2.24) is 9.80 Å². The summed E-state index contributed by atoms with van der Waals surface area (Å²) in [6, 6.07) is 0.809. The SMILES string of the molecule is CCC1CN(CC)CCN1CC. The summed E-state index contributed by atoms with van der Waals surface area (Å²) in [5.74, 6) is 0. The van der Waals surface area contributed by atoms with Crippen LogP contribution in [-0.2, 0) is 0 Å². The second-order valence-corrected chi connectivity index (χ2v) is 3.58. The third-order valence-electron chi connectivity index (χ3n) is 3.01. The van der Waals surface area contributed by atoms with Crippen LogP contribution < -0.4 is 0 Å². The van der Waals surface area contributed by atoms with Gasteiger partial charge in [0.15, 0.2) is 0 Å². The van der Waals surface area contributed by atoms with Crippen molar-refractivity contribution in [2.75, 3.05) is 32.7 Å². The minimum absolute atomic E-state index is 0.809. The largest absolute Gasteiger partial charge is 0.301 e. The molecule has 2 heteroatoms. The fourth-order valence-corrected chi connectivity index (χ4v) is 2.05. The van der Waals surface area contributed by atoms with Gasteiger partial charge in [0.25, 0.3) is 0 Å². The van der Waals surface area contributed by atoms with Gasteiger partial charge in [-0.1, -0.05) is 20.8 Å². The Bertz CT molecular complexity index is 125. The highest BCUT2D eigenvalue weighted by atomic mass is 15.3. The van der Waals surface area contributed by atoms with Crippen LogP contribution in [0.15, 0.2) is 0 Å². The first-order valence-electron chi connectivity index (χ1n) is 5.28. The van der Waals surface area contributed by atoms with E-state index in [4.69, 9.17) is 0 Å². The Morgan fingerprint density at radius 3 is 2.33 bits per heavy atom. The van der Waals surface area contributed by atoms with Crippen LogP contribution in [0, 0.1) is 0 Å². The van der Waals surface area contributed by atoms with Crippen molar-refractivity contribution < 1.29 is 0 Å². The number of rotatable bonds is 3. The highest BCUT2D eigenvalue weighted by Crippen LogP contribution is 2.11. The van der Waals surface area contributed by atoms with E-state index in [0.717, 1.165) is 6.04 Å². The monoisotopic (exact) mass is 170 g/mol. The fourth-order valence-electron chi connectivity index (χ4n) is 2.05. The summed E-state index contributed by atoms with van der Waals surface area (Å²) in [5, 5.41) is 0. The summed E-state index contributed by atoms with van der Waals surface area (Å²) in [6.07, 6.45) is 1.30. The van der Waals surface area contributed by atoms with Gasteiger partial charge < -0.3 is 4.90 Å².